The lowest BCUT2D eigenvalue weighted by atomic mass is 10.2. The van der Waals surface area contributed by atoms with Crippen molar-refractivity contribution in [2.75, 3.05) is 7.11 Å². The van der Waals surface area contributed by atoms with Crippen molar-refractivity contribution in [1.29, 1.82) is 0 Å². The number of aromatic nitrogens is 3. The predicted octanol–water partition coefficient (Wildman–Crippen LogP) is 1.03. The van der Waals surface area contributed by atoms with Crippen LogP contribution in [0.1, 0.15) is 25.1 Å². The van der Waals surface area contributed by atoms with Crippen LogP contribution in [0.25, 0.3) is 5.82 Å². The molecule has 0 saturated carbocycles. The molecule has 0 spiro atoms. The van der Waals surface area contributed by atoms with Crippen LogP contribution in [0.3, 0.4) is 0 Å². The zero-order chi connectivity index (χ0) is 14.7. The van der Waals surface area contributed by atoms with Gasteiger partial charge in [0.25, 0.3) is 5.56 Å². The Kier molecular flexibility index (Phi) is 4.14. The van der Waals surface area contributed by atoms with Gasteiger partial charge in [-0.3, -0.25) is 9.36 Å². The molecular formula is C14H17N3O3. The number of methoxy groups -OCH3 is 1. The van der Waals surface area contributed by atoms with E-state index < -0.39 is 11.2 Å². The molecule has 6 nitrogen and oxygen atoms in total. The monoisotopic (exact) mass is 275 g/mol. The summed E-state index contributed by atoms with van der Waals surface area (Å²) in [6, 6.07) is 6.50. The van der Waals surface area contributed by atoms with Gasteiger partial charge < -0.3 is 4.74 Å². The summed E-state index contributed by atoms with van der Waals surface area (Å²) in [5.41, 5.74) is -0.267. The third-order valence-electron chi connectivity index (χ3n) is 3.22. The molecule has 1 atom stereocenters. The quantitative estimate of drug-likeness (QED) is 0.836. The highest BCUT2D eigenvalue weighted by Crippen LogP contribution is 2.16. The van der Waals surface area contributed by atoms with Gasteiger partial charge in [-0.05, 0) is 18.6 Å². The molecule has 2 aromatic heterocycles. The molecule has 0 aromatic carbocycles. The van der Waals surface area contributed by atoms with E-state index in [2.05, 4.69) is 4.98 Å². The zero-order valence-corrected chi connectivity index (χ0v) is 11.7. The van der Waals surface area contributed by atoms with Crippen LogP contribution in [0.15, 0.2) is 40.1 Å². The Morgan fingerprint density at radius 2 is 2.10 bits per heavy atom. The fourth-order valence-corrected chi connectivity index (χ4v) is 2.14. The van der Waals surface area contributed by atoms with E-state index in [1.165, 1.54) is 10.6 Å². The molecule has 0 saturated heterocycles. The molecule has 0 aliphatic heterocycles. The Morgan fingerprint density at radius 1 is 1.35 bits per heavy atom. The predicted molar refractivity (Wildman–Crippen MR) is 75.1 cm³/mol. The van der Waals surface area contributed by atoms with E-state index in [9.17, 15) is 9.59 Å². The van der Waals surface area contributed by atoms with Crippen molar-refractivity contribution >= 4 is 0 Å². The van der Waals surface area contributed by atoms with Gasteiger partial charge in [-0.25, -0.2) is 14.3 Å². The SMILES string of the molecule is CCC(OC)c1cc(=O)n(-c2ccccn2)c(=O)n1C. The van der Waals surface area contributed by atoms with Gasteiger partial charge in [-0.2, -0.15) is 0 Å². The van der Waals surface area contributed by atoms with E-state index in [-0.39, 0.29) is 6.10 Å². The Balaban J connectivity index is 2.68. The van der Waals surface area contributed by atoms with Crippen LogP contribution in [-0.2, 0) is 11.8 Å². The molecule has 0 aliphatic rings. The normalized spacial score (nSPS) is 12.3. The maximum absolute atomic E-state index is 12.4. The Hall–Kier alpha value is -2.21. The van der Waals surface area contributed by atoms with Crippen LogP contribution in [0, 0.1) is 0 Å². The first-order chi connectivity index (χ1) is 9.60. The Morgan fingerprint density at radius 3 is 2.65 bits per heavy atom. The first-order valence-corrected chi connectivity index (χ1v) is 6.37. The smallest absolute Gasteiger partial charge is 0.336 e. The number of hydrogen-bond donors (Lipinski definition) is 0. The maximum atomic E-state index is 12.4. The van der Waals surface area contributed by atoms with Gasteiger partial charge in [-0.15, -0.1) is 0 Å². The highest BCUT2D eigenvalue weighted by Gasteiger charge is 2.17. The van der Waals surface area contributed by atoms with Crippen LogP contribution < -0.4 is 11.2 Å². The lowest BCUT2D eigenvalue weighted by molar-refractivity contribution is 0.0926. The molecule has 0 bridgehead atoms. The molecule has 0 radical (unpaired) electrons. The highest BCUT2D eigenvalue weighted by molar-refractivity contribution is 5.22. The van der Waals surface area contributed by atoms with Crippen molar-refractivity contribution in [3.05, 3.63) is 57.0 Å². The van der Waals surface area contributed by atoms with E-state index in [1.54, 1.807) is 38.6 Å². The number of hydrogen-bond acceptors (Lipinski definition) is 4. The Labute approximate surface area is 116 Å². The van der Waals surface area contributed by atoms with Crippen molar-refractivity contribution in [2.45, 2.75) is 19.4 Å². The minimum atomic E-state index is -0.429. The highest BCUT2D eigenvalue weighted by atomic mass is 16.5. The third kappa shape index (κ3) is 2.42. The summed E-state index contributed by atoms with van der Waals surface area (Å²) in [7, 11) is 3.18. The van der Waals surface area contributed by atoms with Crippen LogP contribution in [0.5, 0.6) is 0 Å². The number of pyridine rings is 1. The molecule has 2 rings (SSSR count). The molecule has 2 heterocycles. The average molecular weight is 275 g/mol. The molecule has 2 aromatic rings. The minimum absolute atomic E-state index is 0.279. The molecule has 20 heavy (non-hydrogen) atoms. The van der Waals surface area contributed by atoms with Crippen LogP contribution >= 0.6 is 0 Å². The molecule has 0 aliphatic carbocycles. The molecule has 6 heteroatoms. The Bertz CT molecular complexity index is 700. The average Bonchev–Trinajstić information content (AvgIpc) is 2.46. The van der Waals surface area contributed by atoms with E-state index in [4.69, 9.17) is 4.74 Å². The summed E-state index contributed by atoms with van der Waals surface area (Å²) in [4.78, 5) is 28.6. The lowest BCUT2D eigenvalue weighted by Gasteiger charge is -2.17. The van der Waals surface area contributed by atoms with Crippen molar-refractivity contribution in [3.63, 3.8) is 0 Å². The van der Waals surface area contributed by atoms with Gasteiger partial charge in [0, 0.05) is 26.4 Å². The summed E-state index contributed by atoms with van der Waals surface area (Å²) in [5, 5.41) is 0. The summed E-state index contributed by atoms with van der Waals surface area (Å²) in [6.07, 6.45) is 1.94. The van der Waals surface area contributed by atoms with E-state index in [0.717, 1.165) is 4.57 Å². The zero-order valence-electron chi connectivity index (χ0n) is 11.7. The van der Waals surface area contributed by atoms with E-state index in [1.807, 2.05) is 6.92 Å². The lowest BCUT2D eigenvalue weighted by Crippen LogP contribution is -2.40. The second kappa shape index (κ2) is 5.83. The van der Waals surface area contributed by atoms with E-state index >= 15 is 0 Å². The molecular weight excluding hydrogens is 258 g/mol. The summed E-state index contributed by atoms with van der Waals surface area (Å²) >= 11 is 0. The van der Waals surface area contributed by atoms with Gasteiger partial charge in [-0.1, -0.05) is 13.0 Å². The van der Waals surface area contributed by atoms with Crippen molar-refractivity contribution in [3.8, 4) is 5.82 Å². The number of rotatable bonds is 4. The topological polar surface area (TPSA) is 66.1 Å². The van der Waals surface area contributed by atoms with Gasteiger partial charge in [0.05, 0.1) is 11.8 Å². The van der Waals surface area contributed by atoms with Crippen LogP contribution in [-0.4, -0.2) is 21.2 Å². The molecule has 0 fully saturated rings. The van der Waals surface area contributed by atoms with Crippen LogP contribution in [0.4, 0.5) is 0 Å². The van der Waals surface area contributed by atoms with Crippen molar-refractivity contribution in [2.24, 2.45) is 7.05 Å². The van der Waals surface area contributed by atoms with Gasteiger partial charge >= 0.3 is 5.69 Å². The first kappa shape index (κ1) is 14.2. The van der Waals surface area contributed by atoms with Gasteiger partial charge in [0.1, 0.15) is 5.82 Å². The van der Waals surface area contributed by atoms with Crippen LogP contribution in [0.2, 0.25) is 0 Å². The summed E-state index contributed by atoms with van der Waals surface area (Å²) in [6.45, 7) is 1.93. The first-order valence-electron chi connectivity index (χ1n) is 6.37. The fraction of sp³-hybridized carbons (Fsp3) is 0.357. The summed E-state index contributed by atoms with van der Waals surface area (Å²) in [5.74, 6) is 0.315. The summed E-state index contributed by atoms with van der Waals surface area (Å²) < 4.78 is 7.77. The number of nitrogens with zero attached hydrogens (tertiary/aromatic N) is 3. The second-order valence-corrected chi connectivity index (χ2v) is 4.40. The van der Waals surface area contributed by atoms with E-state index in [0.29, 0.717) is 17.9 Å². The van der Waals surface area contributed by atoms with Gasteiger partial charge in [0.15, 0.2) is 0 Å². The maximum Gasteiger partial charge on any atom is 0.336 e. The van der Waals surface area contributed by atoms with Crippen molar-refractivity contribution in [1.82, 2.24) is 14.1 Å². The molecule has 1 unspecified atom stereocenters. The number of ether oxygens (including phenoxy) is 1. The minimum Gasteiger partial charge on any atom is -0.375 e. The largest absolute Gasteiger partial charge is 0.375 e. The molecule has 0 amide bonds. The molecule has 0 N–H and O–H groups in total. The van der Waals surface area contributed by atoms with Gasteiger partial charge in [0.2, 0.25) is 0 Å². The second-order valence-electron chi connectivity index (χ2n) is 4.40. The fourth-order valence-electron chi connectivity index (χ4n) is 2.14. The molecule has 106 valence electrons. The standard InChI is InChI=1S/C14H17N3O3/c1-4-11(20-3)10-9-13(18)17(14(19)16(10)2)12-7-5-6-8-15-12/h5-9,11H,4H2,1-3H3. The van der Waals surface area contributed by atoms with Crippen molar-refractivity contribution < 1.29 is 4.74 Å². The third-order valence-corrected chi connectivity index (χ3v) is 3.22.